The fourth-order valence-electron chi connectivity index (χ4n) is 0.626. The van der Waals surface area contributed by atoms with Gasteiger partial charge in [-0.3, -0.25) is 4.79 Å². The van der Waals surface area contributed by atoms with Crippen molar-refractivity contribution in [3.8, 4) is 0 Å². The van der Waals surface area contributed by atoms with Crippen LogP contribution >= 0.6 is 22.9 Å². The van der Waals surface area contributed by atoms with Crippen LogP contribution < -0.4 is 0 Å². The first-order chi connectivity index (χ1) is 6.13. The minimum atomic E-state index is 0.0481. The summed E-state index contributed by atoms with van der Waals surface area (Å²) in [6.45, 7) is 4.33. The van der Waals surface area contributed by atoms with E-state index in [-0.39, 0.29) is 12.4 Å². The van der Waals surface area contributed by atoms with E-state index in [0.29, 0.717) is 19.8 Å². The van der Waals surface area contributed by atoms with Crippen molar-refractivity contribution in [2.24, 2.45) is 0 Å². The predicted molar refractivity (Wildman–Crippen MR) is 59.0 cm³/mol. The van der Waals surface area contributed by atoms with E-state index in [1.165, 1.54) is 6.92 Å². The normalized spacial score (nSPS) is 10.8. The van der Waals surface area contributed by atoms with Gasteiger partial charge in [0.1, 0.15) is 6.61 Å². The van der Waals surface area contributed by atoms with Gasteiger partial charge in [0, 0.05) is 29.4 Å². The van der Waals surface area contributed by atoms with Gasteiger partial charge in [-0.2, -0.15) is 0 Å². The van der Waals surface area contributed by atoms with Crippen LogP contribution in [0.1, 0.15) is 6.92 Å². The highest BCUT2D eigenvalue weighted by molar-refractivity contribution is 14.1. The van der Waals surface area contributed by atoms with Crippen LogP contribution in [0.2, 0.25) is 0 Å². The van der Waals surface area contributed by atoms with Gasteiger partial charge in [0.05, 0.1) is 19.8 Å². The van der Waals surface area contributed by atoms with E-state index in [1.54, 1.807) is 0 Å². The molecule has 0 fully saturated rings. The predicted octanol–water partition coefficient (Wildman–Crippen LogP) is 0.890. The van der Waals surface area contributed by atoms with Crippen LogP contribution in [-0.2, 0) is 14.3 Å². The average molecular weight is 301 g/mol. The molecule has 0 saturated heterocycles. The lowest BCUT2D eigenvalue weighted by Crippen LogP contribution is -2.15. The van der Waals surface area contributed by atoms with Crippen LogP contribution in [0.5, 0.6) is 0 Å². The average Bonchev–Trinajstić information content (AvgIpc) is 2.01. The van der Waals surface area contributed by atoms with Crippen molar-refractivity contribution in [2.45, 2.75) is 6.92 Å². The van der Waals surface area contributed by atoms with Crippen molar-refractivity contribution >= 4 is 28.6 Å². The molecule has 5 heteroatoms. The molecule has 0 aromatic carbocycles. The second-order valence-electron chi connectivity index (χ2n) is 2.70. The molecule has 4 nitrogen and oxygen atoms in total. The van der Waals surface area contributed by atoms with Crippen molar-refractivity contribution in [3.63, 3.8) is 0 Å². The fraction of sp³-hybridized carbons (Fsp3) is 0.875. The van der Waals surface area contributed by atoms with Crippen molar-refractivity contribution in [1.29, 1.82) is 0 Å². The zero-order chi connectivity index (χ0) is 10.1. The summed E-state index contributed by atoms with van der Waals surface area (Å²) >= 11 is 2.20. The van der Waals surface area contributed by atoms with Gasteiger partial charge in [0.2, 0.25) is 0 Å². The molecule has 0 aliphatic carbocycles. The Kier molecular flexibility index (Phi) is 9.05. The molecule has 0 rings (SSSR count). The largest absolute Gasteiger partial charge is 0.378 e. The van der Waals surface area contributed by atoms with E-state index in [1.807, 2.05) is 10.2 Å². The summed E-state index contributed by atoms with van der Waals surface area (Å²) in [7, 11) is 1.98. The number of hydrogen-bond donors (Lipinski definition) is 0. The summed E-state index contributed by atoms with van der Waals surface area (Å²) in [6, 6.07) is 0. The summed E-state index contributed by atoms with van der Waals surface area (Å²) in [5, 5.41) is 0. The highest BCUT2D eigenvalue weighted by atomic mass is 127. The molecular formula is C8H16INO3. The molecule has 0 heterocycles. The molecule has 0 saturated carbocycles. The van der Waals surface area contributed by atoms with E-state index in [0.717, 1.165) is 6.54 Å². The van der Waals surface area contributed by atoms with Crippen LogP contribution in [0, 0.1) is 0 Å². The lowest BCUT2D eigenvalue weighted by atomic mass is 10.5. The molecule has 0 bridgehead atoms. The maximum Gasteiger partial charge on any atom is 0.155 e. The quantitative estimate of drug-likeness (QED) is 0.379. The third-order valence-corrected chi connectivity index (χ3v) is 1.70. The summed E-state index contributed by atoms with van der Waals surface area (Å²) in [6.07, 6.45) is 0. The van der Waals surface area contributed by atoms with E-state index < -0.39 is 0 Å². The Bertz CT molecular complexity index is 141. The van der Waals surface area contributed by atoms with E-state index in [9.17, 15) is 4.79 Å². The zero-order valence-corrected chi connectivity index (χ0v) is 10.2. The van der Waals surface area contributed by atoms with E-state index in [4.69, 9.17) is 9.47 Å². The Balaban J connectivity index is 2.96. The van der Waals surface area contributed by atoms with Crippen LogP contribution in [-0.4, -0.2) is 48.9 Å². The Morgan fingerprint density at radius 1 is 1.31 bits per heavy atom. The number of Topliss-reactive ketones (excluding diaryl/α,β-unsaturated/α-hetero) is 1. The van der Waals surface area contributed by atoms with Crippen molar-refractivity contribution < 1.29 is 14.3 Å². The van der Waals surface area contributed by atoms with Crippen LogP contribution in [0.15, 0.2) is 0 Å². The highest BCUT2D eigenvalue weighted by Crippen LogP contribution is 1.91. The van der Waals surface area contributed by atoms with Gasteiger partial charge in [-0.25, -0.2) is 3.11 Å². The number of rotatable bonds is 8. The monoisotopic (exact) mass is 301 g/mol. The number of carbonyl (C=O) groups is 1. The first-order valence-corrected chi connectivity index (χ1v) is 5.11. The van der Waals surface area contributed by atoms with E-state index >= 15 is 0 Å². The third kappa shape index (κ3) is 12.3. The van der Waals surface area contributed by atoms with Gasteiger partial charge in [-0.05, 0) is 14.0 Å². The standard InChI is InChI=1S/C8H16INO3/c1-8(11)7-13-6-5-12-4-3-10(2)9/h3-7H2,1-2H3. The molecule has 78 valence electrons. The lowest BCUT2D eigenvalue weighted by Gasteiger charge is -2.07. The van der Waals surface area contributed by atoms with Gasteiger partial charge in [-0.1, -0.05) is 0 Å². The van der Waals surface area contributed by atoms with Crippen molar-refractivity contribution in [2.75, 3.05) is 40.0 Å². The van der Waals surface area contributed by atoms with Crippen LogP contribution in [0.4, 0.5) is 0 Å². The van der Waals surface area contributed by atoms with Gasteiger partial charge < -0.3 is 9.47 Å². The number of hydrogen-bond acceptors (Lipinski definition) is 4. The van der Waals surface area contributed by atoms with Crippen molar-refractivity contribution in [1.82, 2.24) is 3.11 Å². The third-order valence-electron chi connectivity index (χ3n) is 1.22. The summed E-state index contributed by atoms with van der Waals surface area (Å²) in [5.74, 6) is 0.0481. The number of nitrogens with zero attached hydrogens (tertiary/aromatic N) is 1. The molecular weight excluding hydrogens is 285 g/mol. The lowest BCUT2D eigenvalue weighted by molar-refractivity contribution is -0.121. The Morgan fingerprint density at radius 3 is 2.46 bits per heavy atom. The SMILES string of the molecule is CC(=O)COCCOCCN(C)I. The minimum absolute atomic E-state index is 0.0481. The van der Waals surface area contributed by atoms with E-state index in [2.05, 4.69) is 22.9 Å². The maximum absolute atomic E-state index is 10.4. The number of likely N-dealkylation sites (N-methyl/N-ethyl adjacent to an activating group) is 1. The van der Waals surface area contributed by atoms with Gasteiger partial charge >= 0.3 is 0 Å². The van der Waals surface area contributed by atoms with Crippen molar-refractivity contribution in [3.05, 3.63) is 0 Å². The second kappa shape index (κ2) is 8.86. The smallest absolute Gasteiger partial charge is 0.155 e. The number of ether oxygens (including phenoxy) is 2. The molecule has 0 atom stereocenters. The molecule has 13 heavy (non-hydrogen) atoms. The molecule has 0 aliphatic heterocycles. The Morgan fingerprint density at radius 2 is 1.92 bits per heavy atom. The first-order valence-electron chi connectivity index (χ1n) is 4.14. The topological polar surface area (TPSA) is 38.8 Å². The Labute approximate surface area is 93.1 Å². The Hall–Kier alpha value is 0.280. The zero-order valence-electron chi connectivity index (χ0n) is 8.09. The van der Waals surface area contributed by atoms with Gasteiger partial charge in [0.25, 0.3) is 0 Å². The molecule has 0 spiro atoms. The molecule has 0 N–H and O–H groups in total. The first kappa shape index (κ1) is 13.3. The number of carbonyl (C=O) groups excluding carboxylic acids is 1. The highest BCUT2D eigenvalue weighted by Gasteiger charge is 1.94. The van der Waals surface area contributed by atoms with Crippen LogP contribution in [0.25, 0.3) is 0 Å². The number of halogens is 1. The molecule has 0 unspecified atom stereocenters. The summed E-state index contributed by atoms with van der Waals surface area (Å²) < 4.78 is 12.3. The molecule has 0 aromatic heterocycles. The molecule has 0 aromatic rings. The minimum Gasteiger partial charge on any atom is -0.378 e. The molecule has 0 radical (unpaired) electrons. The van der Waals surface area contributed by atoms with Gasteiger partial charge in [0.15, 0.2) is 5.78 Å². The summed E-state index contributed by atoms with van der Waals surface area (Å²) in [5.41, 5.74) is 0. The summed E-state index contributed by atoms with van der Waals surface area (Å²) in [4.78, 5) is 10.4. The fourth-order valence-corrected chi connectivity index (χ4v) is 0.823. The van der Waals surface area contributed by atoms with Crippen LogP contribution in [0.3, 0.4) is 0 Å². The maximum atomic E-state index is 10.4. The van der Waals surface area contributed by atoms with Gasteiger partial charge in [-0.15, -0.1) is 0 Å². The second-order valence-corrected chi connectivity index (χ2v) is 4.34. The number of ketones is 1. The molecule has 0 aliphatic rings. The molecule has 0 amide bonds.